The summed E-state index contributed by atoms with van der Waals surface area (Å²) in [5, 5.41) is 12.2. The highest BCUT2D eigenvalue weighted by Gasteiger charge is 2.37. The molecule has 2 aliphatic rings. The van der Waals surface area contributed by atoms with E-state index in [9.17, 15) is 9.00 Å². The van der Waals surface area contributed by atoms with Gasteiger partial charge in [-0.1, -0.05) is 0 Å². The topological polar surface area (TPSA) is 66.4 Å². The van der Waals surface area contributed by atoms with Gasteiger partial charge in [0.1, 0.15) is 6.04 Å². The quantitative estimate of drug-likeness (QED) is 0.732. The SMILES string of the molecule is O=C(O)C(NC1CCS(=O)CC1)C1CC1. The monoisotopic (exact) mass is 231 g/mol. The summed E-state index contributed by atoms with van der Waals surface area (Å²) in [5.41, 5.74) is 0. The van der Waals surface area contributed by atoms with Gasteiger partial charge < -0.3 is 10.4 Å². The molecule has 1 atom stereocenters. The average molecular weight is 231 g/mol. The summed E-state index contributed by atoms with van der Waals surface area (Å²) in [4.78, 5) is 11.0. The van der Waals surface area contributed by atoms with Crippen molar-refractivity contribution in [2.45, 2.75) is 37.8 Å². The molecule has 5 heteroatoms. The first kappa shape index (κ1) is 11.1. The first-order valence-electron chi connectivity index (χ1n) is 5.50. The molecule has 2 N–H and O–H groups in total. The lowest BCUT2D eigenvalue weighted by Crippen LogP contribution is -2.47. The standard InChI is InChI=1S/C10H17NO3S/c12-10(13)9(7-1-2-7)11-8-3-5-15(14)6-4-8/h7-9,11H,1-6H2,(H,12,13). The minimum Gasteiger partial charge on any atom is -0.480 e. The van der Waals surface area contributed by atoms with E-state index in [0.29, 0.717) is 17.4 Å². The molecule has 15 heavy (non-hydrogen) atoms. The zero-order chi connectivity index (χ0) is 10.8. The Morgan fingerprint density at radius 1 is 1.27 bits per heavy atom. The van der Waals surface area contributed by atoms with Crippen molar-refractivity contribution in [3.8, 4) is 0 Å². The molecular formula is C10H17NO3S. The molecule has 0 spiro atoms. The highest BCUT2D eigenvalue weighted by molar-refractivity contribution is 7.85. The maximum Gasteiger partial charge on any atom is 0.320 e. The fraction of sp³-hybridized carbons (Fsp3) is 0.900. The Kier molecular flexibility index (Phi) is 3.41. The van der Waals surface area contributed by atoms with Crippen molar-refractivity contribution in [3.63, 3.8) is 0 Å². The van der Waals surface area contributed by atoms with E-state index < -0.39 is 16.8 Å². The lowest BCUT2D eigenvalue weighted by atomic mass is 10.1. The number of hydrogen-bond acceptors (Lipinski definition) is 3. The maximum atomic E-state index is 11.1. The molecule has 1 saturated carbocycles. The van der Waals surface area contributed by atoms with Gasteiger partial charge in [-0.15, -0.1) is 0 Å². The molecular weight excluding hydrogens is 214 g/mol. The fourth-order valence-corrected chi connectivity index (χ4v) is 3.35. The molecule has 0 radical (unpaired) electrons. The molecule has 0 aromatic heterocycles. The molecule has 86 valence electrons. The first-order valence-corrected chi connectivity index (χ1v) is 6.99. The van der Waals surface area contributed by atoms with Crippen molar-refractivity contribution in [1.82, 2.24) is 5.32 Å². The third kappa shape index (κ3) is 3.01. The number of nitrogens with one attached hydrogen (secondary N) is 1. The second kappa shape index (κ2) is 4.61. The number of aliphatic carboxylic acids is 1. The number of rotatable bonds is 4. The number of carboxylic acids is 1. The van der Waals surface area contributed by atoms with E-state index in [1.54, 1.807) is 0 Å². The van der Waals surface area contributed by atoms with Crippen molar-refractivity contribution in [3.05, 3.63) is 0 Å². The second-order valence-corrected chi connectivity index (χ2v) is 6.14. The van der Waals surface area contributed by atoms with Crippen LogP contribution in [0.25, 0.3) is 0 Å². The van der Waals surface area contributed by atoms with Crippen LogP contribution in [0.15, 0.2) is 0 Å². The highest BCUT2D eigenvalue weighted by atomic mass is 32.2. The Labute approximate surface area is 91.9 Å². The van der Waals surface area contributed by atoms with Crippen LogP contribution in [0.5, 0.6) is 0 Å². The number of hydrogen-bond donors (Lipinski definition) is 2. The molecule has 0 bridgehead atoms. The lowest BCUT2D eigenvalue weighted by Gasteiger charge is -2.26. The predicted molar refractivity (Wildman–Crippen MR) is 58.2 cm³/mol. The largest absolute Gasteiger partial charge is 0.480 e. The Hall–Kier alpha value is -0.420. The number of carbonyl (C=O) groups is 1. The third-order valence-electron chi connectivity index (χ3n) is 3.16. The second-order valence-electron chi connectivity index (χ2n) is 4.44. The molecule has 1 aliphatic heterocycles. The van der Waals surface area contributed by atoms with E-state index in [2.05, 4.69) is 5.32 Å². The van der Waals surface area contributed by atoms with Crippen LogP contribution >= 0.6 is 0 Å². The molecule has 4 nitrogen and oxygen atoms in total. The van der Waals surface area contributed by atoms with Crippen molar-refractivity contribution in [2.75, 3.05) is 11.5 Å². The van der Waals surface area contributed by atoms with E-state index in [0.717, 1.165) is 25.7 Å². The molecule has 1 aliphatic carbocycles. The summed E-state index contributed by atoms with van der Waals surface area (Å²) in [5.74, 6) is 1.03. The normalized spacial score (nSPS) is 33.6. The van der Waals surface area contributed by atoms with Gasteiger partial charge in [-0.2, -0.15) is 0 Å². The summed E-state index contributed by atoms with van der Waals surface area (Å²) < 4.78 is 11.1. The molecule has 0 aromatic rings. The summed E-state index contributed by atoms with van der Waals surface area (Å²) in [7, 11) is -0.669. The Morgan fingerprint density at radius 3 is 2.33 bits per heavy atom. The summed E-state index contributed by atoms with van der Waals surface area (Å²) in [6, 6.07) is -0.120. The molecule has 1 saturated heterocycles. The third-order valence-corrected chi connectivity index (χ3v) is 4.54. The minimum atomic E-state index is -0.732. The van der Waals surface area contributed by atoms with Crippen molar-refractivity contribution in [2.24, 2.45) is 5.92 Å². The highest BCUT2D eigenvalue weighted by Crippen LogP contribution is 2.33. The minimum absolute atomic E-state index is 0.254. The van der Waals surface area contributed by atoms with Crippen LogP contribution in [0.4, 0.5) is 0 Å². The molecule has 2 fully saturated rings. The van der Waals surface area contributed by atoms with E-state index in [-0.39, 0.29) is 12.1 Å². The predicted octanol–water partition coefficient (Wildman–Crippen LogP) is 0.350. The van der Waals surface area contributed by atoms with Crippen LogP contribution in [0.2, 0.25) is 0 Å². The van der Waals surface area contributed by atoms with Gasteiger partial charge in [0.25, 0.3) is 0 Å². The van der Waals surface area contributed by atoms with Gasteiger partial charge in [-0.05, 0) is 31.6 Å². The molecule has 1 unspecified atom stereocenters. The van der Waals surface area contributed by atoms with Gasteiger partial charge >= 0.3 is 5.97 Å². The summed E-state index contributed by atoms with van der Waals surface area (Å²) in [6.07, 6.45) is 3.76. The molecule has 2 rings (SSSR count). The van der Waals surface area contributed by atoms with Crippen LogP contribution in [0.1, 0.15) is 25.7 Å². The maximum absolute atomic E-state index is 11.1. The van der Waals surface area contributed by atoms with Gasteiger partial charge in [-0.3, -0.25) is 9.00 Å². The zero-order valence-corrected chi connectivity index (χ0v) is 9.46. The van der Waals surface area contributed by atoms with Crippen LogP contribution in [0, 0.1) is 5.92 Å². The van der Waals surface area contributed by atoms with Gasteiger partial charge in [0.15, 0.2) is 0 Å². The Bertz CT molecular complexity index is 268. The van der Waals surface area contributed by atoms with Crippen LogP contribution < -0.4 is 5.32 Å². The fourth-order valence-electron chi connectivity index (χ4n) is 2.05. The van der Waals surface area contributed by atoms with Gasteiger partial charge in [0.2, 0.25) is 0 Å². The van der Waals surface area contributed by atoms with Crippen molar-refractivity contribution < 1.29 is 14.1 Å². The molecule has 0 aromatic carbocycles. The molecule has 0 amide bonds. The zero-order valence-electron chi connectivity index (χ0n) is 8.65. The first-order chi connectivity index (χ1) is 7.16. The summed E-state index contributed by atoms with van der Waals surface area (Å²) >= 11 is 0. The lowest BCUT2D eigenvalue weighted by molar-refractivity contribution is -0.140. The van der Waals surface area contributed by atoms with Crippen LogP contribution in [-0.2, 0) is 15.6 Å². The van der Waals surface area contributed by atoms with Crippen LogP contribution in [-0.4, -0.2) is 38.9 Å². The Morgan fingerprint density at radius 2 is 1.87 bits per heavy atom. The van der Waals surface area contributed by atoms with Gasteiger partial charge in [-0.25, -0.2) is 0 Å². The van der Waals surface area contributed by atoms with E-state index in [4.69, 9.17) is 5.11 Å². The summed E-state index contributed by atoms with van der Waals surface area (Å²) in [6.45, 7) is 0. The smallest absolute Gasteiger partial charge is 0.320 e. The van der Waals surface area contributed by atoms with E-state index >= 15 is 0 Å². The van der Waals surface area contributed by atoms with E-state index in [1.165, 1.54) is 0 Å². The van der Waals surface area contributed by atoms with Crippen molar-refractivity contribution >= 4 is 16.8 Å². The van der Waals surface area contributed by atoms with Crippen molar-refractivity contribution in [1.29, 1.82) is 0 Å². The van der Waals surface area contributed by atoms with E-state index in [1.807, 2.05) is 0 Å². The van der Waals surface area contributed by atoms with Gasteiger partial charge in [0.05, 0.1) is 0 Å². The molecule has 1 heterocycles. The average Bonchev–Trinajstić information content (AvgIpc) is 3.00. The number of carboxylic acid groups (broad SMARTS) is 1. The van der Waals surface area contributed by atoms with Crippen LogP contribution in [0.3, 0.4) is 0 Å². The van der Waals surface area contributed by atoms with Gasteiger partial charge in [0, 0.05) is 28.3 Å². The Balaban J connectivity index is 1.83.